The van der Waals surface area contributed by atoms with E-state index in [1.165, 1.54) is 11.1 Å². The van der Waals surface area contributed by atoms with Crippen molar-refractivity contribution in [2.24, 2.45) is 11.8 Å². The molecule has 0 bridgehead atoms. The molecule has 0 N–H and O–H groups in total. The van der Waals surface area contributed by atoms with Crippen LogP contribution in [-0.4, -0.2) is 54.1 Å². The van der Waals surface area contributed by atoms with Crippen LogP contribution in [0.3, 0.4) is 0 Å². The summed E-state index contributed by atoms with van der Waals surface area (Å²) in [6.45, 7) is 11.4. The zero-order valence-electron chi connectivity index (χ0n) is 18.7. The Morgan fingerprint density at radius 3 is 2.60 bits per heavy atom. The van der Waals surface area contributed by atoms with Gasteiger partial charge in [0, 0.05) is 49.8 Å². The van der Waals surface area contributed by atoms with Gasteiger partial charge >= 0.3 is 0 Å². The molecule has 0 radical (unpaired) electrons. The molecular weight excluding hydrogens is 376 g/mol. The first-order chi connectivity index (χ1) is 14.4. The lowest BCUT2D eigenvalue weighted by atomic mass is 9.87. The Bertz CT molecular complexity index is 945. The summed E-state index contributed by atoms with van der Waals surface area (Å²) < 4.78 is 5.17. The molecular formula is C24H32N4O2. The molecule has 6 nitrogen and oxygen atoms in total. The number of aryl methyl sites for hydroxylation is 3. The summed E-state index contributed by atoms with van der Waals surface area (Å²) in [5.74, 6) is 2.90. The van der Waals surface area contributed by atoms with E-state index in [1.54, 1.807) is 7.11 Å². The van der Waals surface area contributed by atoms with Crippen molar-refractivity contribution >= 4 is 11.7 Å². The molecule has 0 saturated carbocycles. The van der Waals surface area contributed by atoms with E-state index < -0.39 is 0 Å². The van der Waals surface area contributed by atoms with E-state index in [-0.39, 0.29) is 11.9 Å². The topological polar surface area (TPSA) is 58.6 Å². The lowest BCUT2D eigenvalue weighted by molar-refractivity contribution is -0.133. The molecule has 0 aliphatic carbocycles. The van der Waals surface area contributed by atoms with Crippen molar-refractivity contribution in [2.75, 3.05) is 38.3 Å². The Kier molecular flexibility index (Phi) is 5.78. The zero-order valence-corrected chi connectivity index (χ0v) is 18.7. The van der Waals surface area contributed by atoms with Crippen molar-refractivity contribution in [3.63, 3.8) is 0 Å². The number of ether oxygens (including phenoxy) is 1. The highest BCUT2D eigenvalue weighted by Gasteiger charge is 2.49. The van der Waals surface area contributed by atoms with Gasteiger partial charge in [-0.05, 0) is 38.8 Å². The number of amides is 1. The molecule has 2 saturated heterocycles. The fourth-order valence-electron chi connectivity index (χ4n) is 5.18. The maximum atomic E-state index is 13.0. The van der Waals surface area contributed by atoms with Gasteiger partial charge < -0.3 is 14.5 Å². The molecule has 160 valence electrons. The minimum atomic E-state index is 0.106. The van der Waals surface area contributed by atoms with Crippen LogP contribution in [0.15, 0.2) is 24.3 Å². The first-order valence-electron chi connectivity index (χ1n) is 10.8. The summed E-state index contributed by atoms with van der Waals surface area (Å²) in [5, 5.41) is 0. The molecule has 6 heteroatoms. The molecule has 3 heterocycles. The van der Waals surface area contributed by atoms with E-state index in [0.29, 0.717) is 24.9 Å². The molecule has 0 spiro atoms. The Morgan fingerprint density at radius 2 is 1.87 bits per heavy atom. The molecule has 2 aliphatic rings. The number of aromatic nitrogens is 2. The third-order valence-electron chi connectivity index (χ3n) is 6.79. The molecule has 2 fully saturated rings. The Labute approximate surface area is 179 Å². The summed E-state index contributed by atoms with van der Waals surface area (Å²) in [6, 6.07) is 8.59. The number of hydrogen-bond acceptors (Lipinski definition) is 5. The largest absolute Gasteiger partial charge is 0.384 e. The zero-order chi connectivity index (χ0) is 21.4. The minimum absolute atomic E-state index is 0.106. The highest BCUT2D eigenvalue weighted by atomic mass is 16.5. The van der Waals surface area contributed by atoms with Crippen molar-refractivity contribution in [3.8, 4) is 0 Å². The summed E-state index contributed by atoms with van der Waals surface area (Å²) in [7, 11) is 1.65. The molecule has 2 aliphatic heterocycles. The molecule has 2 aromatic rings. The van der Waals surface area contributed by atoms with Crippen LogP contribution >= 0.6 is 0 Å². The Morgan fingerprint density at radius 1 is 1.10 bits per heavy atom. The van der Waals surface area contributed by atoms with Gasteiger partial charge in [0.05, 0.1) is 19.1 Å². The van der Waals surface area contributed by atoms with Crippen LogP contribution in [0.4, 0.5) is 5.82 Å². The number of nitrogens with zero attached hydrogens (tertiary/aromatic N) is 4. The Balaban J connectivity index is 1.65. The monoisotopic (exact) mass is 408 g/mol. The highest BCUT2D eigenvalue weighted by Crippen LogP contribution is 2.47. The molecule has 3 atom stereocenters. The number of anilines is 1. The molecule has 0 unspecified atom stereocenters. The predicted molar refractivity (Wildman–Crippen MR) is 118 cm³/mol. The molecule has 1 amide bonds. The third-order valence-corrected chi connectivity index (χ3v) is 6.79. The summed E-state index contributed by atoms with van der Waals surface area (Å²) in [6.07, 6.45) is 0.436. The SMILES string of the molecule is COCCC(=O)N1C[C@@H]2CN(c3nc(C)nc(C)c3C)C[C@@H]2[C@H]1c1ccccc1C. The quantitative estimate of drug-likeness (QED) is 0.759. The predicted octanol–water partition coefficient (Wildman–Crippen LogP) is 3.38. The van der Waals surface area contributed by atoms with E-state index in [1.807, 2.05) is 6.92 Å². The van der Waals surface area contributed by atoms with Gasteiger partial charge in [-0.25, -0.2) is 9.97 Å². The second-order valence-corrected chi connectivity index (χ2v) is 8.72. The van der Waals surface area contributed by atoms with Gasteiger partial charge in [0.2, 0.25) is 5.91 Å². The maximum Gasteiger partial charge on any atom is 0.225 e. The Hall–Kier alpha value is -2.47. The lowest BCUT2D eigenvalue weighted by Crippen LogP contribution is -2.36. The van der Waals surface area contributed by atoms with Gasteiger partial charge in [0.15, 0.2) is 0 Å². The van der Waals surface area contributed by atoms with Crippen molar-refractivity contribution in [2.45, 2.75) is 40.2 Å². The standard InChI is InChI=1S/C24H32N4O2/c1-15-8-6-7-9-20(15)23-21-14-27(24-16(2)17(3)25-18(4)26-24)12-19(21)13-28(23)22(29)10-11-30-5/h6-9,19,21,23H,10-14H2,1-5H3/t19-,21-,23+/m0/s1. The van der Waals surface area contributed by atoms with Crippen LogP contribution in [0.25, 0.3) is 0 Å². The fraction of sp³-hybridized carbons (Fsp3) is 0.542. The van der Waals surface area contributed by atoms with Crippen molar-refractivity contribution < 1.29 is 9.53 Å². The van der Waals surface area contributed by atoms with Crippen molar-refractivity contribution in [3.05, 3.63) is 52.5 Å². The number of hydrogen-bond donors (Lipinski definition) is 0. The second kappa shape index (κ2) is 8.34. The van der Waals surface area contributed by atoms with E-state index in [4.69, 9.17) is 9.72 Å². The van der Waals surface area contributed by atoms with Crippen LogP contribution in [0, 0.1) is 39.5 Å². The lowest BCUT2D eigenvalue weighted by Gasteiger charge is -2.31. The molecule has 4 rings (SSSR count). The summed E-state index contributed by atoms with van der Waals surface area (Å²) in [5.41, 5.74) is 4.71. The third kappa shape index (κ3) is 3.69. The van der Waals surface area contributed by atoms with Crippen LogP contribution in [0.1, 0.15) is 40.7 Å². The van der Waals surface area contributed by atoms with Crippen molar-refractivity contribution in [1.29, 1.82) is 0 Å². The van der Waals surface area contributed by atoms with Crippen LogP contribution in [0.2, 0.25) is 0 Å². The average Bonchev–Trinajstić information content (AvgIpc) is 3.27. The van der Waals surface area contributed by atoms with E-state index in [2.05, 4.69) is 59.8 Å². The highest BCUT2D eigenvalue weighted by molar-refractivity contribution is 5.77. The van der Waals surface area contributed by atoms with Gasteiger partial charge in [-0.1, -0.05) is 24.3 Å². The van der Waals surface area contributed by atoms with E-state index >= 15 is 0 Å². The van der Waals surface area contributed by atoms with Gasteiger partial charge in [0.25, 0.3) is 0 Å². The number of likely N-dealkylation sites (tertiary alicyclic amines) is 1. The normalized spacial score (nSPS) is 23.2. The van der Waals surface area contributed by atoms with Gasteiger partial charge in [0.1, 0.15) is 11.6 Å². The summed E-state index contributed by atoms with van der Waals surface area (Å²) >= 11 is 0. The number of fused-ring (bicyclic) bond motifs is 1. The number of rotatable bonds is 5. The maximum absolute atomic E-state index is 13.0. The minimum Gasteiger partial charge on any atom is -0.384 e. The fourth-order valence-corrected chi connectivity index (χ4v) is 5.18. The van der Waals surface area contributed by atoms with Gasteiger partial charge in [-0.15, -0.1) is 0 Å². The average molecular weight is 409 g/mol. The van der Waals surface area contributed by atoms with E-state index in [9.17, 15) is 4.79 Å². The van der Waals surface area contributed by atoms with Gasteiger partial charge in [-0.2, -0.15) is 0 Å². The van der Waals surface area contributed by atoms with Crippen molar-refractivity contribution in [1.82, 2.24) is 14.9 Å². The van der Waals surface area contributed by atoms with Crippen LogP contribution in [-0.2, 0) is 9.53 Å². The number of methoxy groups -OCH3 is 1. The molecule has 1 aromatic heterocycles. The number of carbonyl (C=O) groups excluding carboxylic acids is 1. The van der Waals surface area contributed by atoms with Crippen LogP contribution < -0.4 is 4.90 Å². The van der Waals surface area contributed by atoms with Gasteiger partial charge in [-0.3, -0.25) is 4.79 Å². The second-order valence-electron chi connectivity index (χ2n) is 8.72. The number of carbonyl (C=O) groups is 1. The smallest absolute Gasteiger partial charge is 0.225 e. The first kappa shape index (κ1) is 20.8. The summed E-state index contributed by atoms with van der Waals surface area (Å²) in [4.78, 5) is 26.8. The molecule has 30 heavy (non-hydrogen) atoms. The van der Waals surface area contributed by atoms with Crippen LogP contribution in [0.5, 0.6) is 0 Å². The number of benzene rings is 1. The molecule has 1 aromatic carbocycles. The van der Waals surface area contributed by atoms with E-state index in [0.717, 1.165) is 42.5 Å². The first-order valence-corrected chi connectivity index (χ1v) is 10.8.